The van der Waals surface area contributed by atoms with E-state index < -0.39 is 0 Å². The van der Waals surface area contributed by atoms with Crippen LogP contribution in [0.25, 0.3) is 5.65 Å². The van der Waals surface area contributed by atoms with Gasteiger partial charge in [-0.1, -0.05) is 0 Å². The molecule has 1 N–H and O–H groups in total. The van der Waals surface area contributed by atoms with Crippen LogP contribution in [0.2, 0.25) is 0 Å². The van der Waals surface area contributed by atoms with Gasteiger partial charge in [-0.05, 0) is 37.1 Å². The highest BCUT2D eigenvalue weighted by Crippen LogP contribution is 2.39. The van der Waals surface area contributed by atoms with Crippen molar-refractivity contribution in [1.82, 2.24) is 19.9 Å². The van der Waals surface area contributed by atoms with Crippen LogP contribution in [0.1, 0.15) is 30.0 Å². The number of ether oxygens (including phenoxy) is 1. The number of anilines is 1. The molecule has 3 aromatic rings. The third kappa shape index (κ3) is 2.59. The number of hydrogen-bond donors (Lipinski definition) is 1. The molecule has 2 aromatic heterocycles. The molecular weight excluding hydrogens is 333 g/mol. The summed E-state index contributed by atoms with van der Waals surface area (Å²) < 4.78 is 21.8. The van der Waals surface area contributed by atoms with E-state index in [9.17, 15) is 4.39 Å². The van der Waals surface area contributed by atoms with Crippen LogP contribution in [0.3, 0.4) is 0 Å². The maximum absolute atomic E-state index is 14.0. The number of aromatic nitrogens is 3. The summed E-state index contributed by atoms with van der Waals surface area (Å²) >= 11 is 0. The predicted molar refractivity (Wildman–Crippen MR) is 95.9 cm³/mol. The zero-order chi connectivity index (χ0) is 17.5. The summed E-state index contributed by atoms with van der Waals surface area (Å²) in [5.41, 5.74) is 2.82. The molecule has 1 aromatic carbocycles. The Labute approximate surface area is 150 Å². The molecule has 1 unspecified atom stereocenters. The fourth-order valence-corrected chi connectivity index (χ4v) is 3.92. The zero-order valence-electron chi connectivity index (χ0n) is 14.4. The maximum Gasteiger partial charge on any atom is 0.161 e. The van der Waals surface area contributed by atoms with E-state index in [1.165, 1.54) is 6.07 Å². The van der Waals surface area contributed by atoms with Crippen molar-refractivity contribution >= 4 is 11.5 Å². The van der Waals surface area contributed by atoms with Gasteiger partial charge in [-0.3, -0.25) is 0 Å². The highest BCUT2D eigenvalue weighted by atomic mass is 19.1. The second-order valence-electron chi connectivity index (χ2n) is 6.78. The van der Waals surface area contributed by atoms with Crippen molar-refractivity contribution in [2.45, 2.75) is 25.4 Å². The molecular formula is C19H20FN5O. The Morgan fingerprint density at radius 2 is 2.23 bits per heavy atom. The average Bonchev–Trinajstić information content (AvgIpc) is 3.28. The van der Waals surface area contributed by atoms with Crippen LogP contribution in [0.4, 0.5) is 10.2 Å². The minimum atomic E-state index is -0.233. The molecule has 0 aliphatic carbocycles. The number of nitrogens with one attached hydrogen (secondary N) is 1. The summed E-state index contributed by atoms with van der Waals surface area (Å²) in [6, 6.07) is 6.86. The number of halogens is 1. The topological polar surface area (TPSA) is 54.7 Å². The quantitative estimate of drug-likeness (QED) is 0.673. The lowest BCUT2D eigenvalue weighted by atomic mass is 10.0. The first kappa shape index (κ1) is 15.6. The van der Waals surface area contributed by atoms with Gasteiger partial charge in [-0.15, -0.1) is 0 Å². The molecule has 0 spiro atoms. The predicted octanol–water partition coefficient (Wildman–Crippen LogP) is 2.69. The first-order chi connectivity index (χ1) is 12.8. The van der Waals surface area contributed by atoms with E-state index in [1.807, 2.05) is 18.5 Å². The molecule has 4 heterocycles. The van der Waals surface area contributed by atoms with Crippen LogP contribution in [0.15, 0.2) is 36.7 Å². The number of rotatable bonds is 0. The van der Waals surface area contributed by atoms with Gasteiger partial charge in [-0.2, -0.15) is 5.10 Å². The van der Waals surface area contributed by atoms with Gasteiger partial charge < -0.3 is 15.0 Å². The number of fused-ring (bicyclic) bond motifs is 5. The van der Waals surface area contributed by atoms with Gasteiger partial charge >= 0.3 is 0 Å². The van der Waals surface area contributed by atoms with Crippen LogP contribution in [-0.4, -0.2) is 34.3 Å². The second-order valence-corrected chi connectivity index (χ2v) is 6.78. The summed E-state index contributed by atoms with van der Waals surface area (Å²) in [6.07, 6.45) is 5.79. The lowest BCUT2D eigenvalue weighted by molar-refractivity contribution is 0.308. The smallest absolute Gasteiger partial charge is 0.161 e. The molecule has 0 radical (unpaired) electrons. The lowest BCUT2D eigenvalue weighted by Crippen LogP contribution is -2.24. The SMILES string of the molecule is Fc1ccc2c(c1)C1CCCN1c1ccn3ncc(c3n1)CNCCO2. The Morgan fingerprint density at radius 1 is 1.27 bits per heavy atom. The molecule has 0 amide bonds. The summed E-state index contributed by atoms with van der Waals surface area (Å²) in [5, 5.41) is 7.75. The zero-order valence-corrected chi connectivity index (χ0v) is 14.4. The molecule has 2 aliphatic heterocycles. The van der Waals surface area contributed by atoms with E-state index in [2.05, 4.69) is 15.3 Å². The molecule has 0 saturated carbocycles. The Kier molecular flexibility index (Phi) is 3.74. The molecule has 1 saturated heterocycles. The van der Waals surface area contributed by atoms with Gasteiger partial charge in [0.25, 0.3) is 0 Å². The van der Waals surface area contributed by atoms with Crippen LogP contribution in [0, 0.1) is 5.82 Å². The molecule has 134 valence electrons. The van der Waals surface area contributed by atoms with Crippen molar-refractivity contribution in [3.8, 4) is 5.75 Å². The first-order valence-corrected chi connectivity index (χ1v) is 9.02. The minimum absolute atomic E-state index is 0.0655. The van der Waals surface area contributed by atoms with Gasteiger partial charge in [0.15, 0.2) is 5.65 Å². The standard InChI is InChI=1S/C19H20FN5O/c20-14-3-4-17-15(10-14)16-2-1-7-24(16)18-5-8-25-19(23-18)13(12-22-25)11-21-6-9-26-17/h3-5,8,10,12,16,21H,1-2,6-7,9,11H2. The van der Waals surface area contributed by atoms with Gasteiger partial charge in [0.05, 0.1) is 12.2 Å². The van der Waals surface area contributed by atoms with Gasteiger partial charge in [0, 0.05) is 37.0 Å². The van der Waals surface area contributed by atoms with E-state index in [4.69, 9.17) is 9.72 Å². The van der Waals surface area contributed by atoms with Gasteiger partial charge in [0.1, 0.15) is 24.0 Å². The van der Waals surface area contributed by atoms with E-state index in [0.717, 1.165) is 47.7 Å². The first-order valence-electron chi connectivity index (χ1n) is 9.02. The molecule has 7 heteroatoms. The maximum atomic E-state index is 14.0. The third-order valence-electron chi connectivity index (χ3n) is 5.16. The minimum Gasteiger partial charge on any atom is -0.492 e. The van der Waals surface area contributed by atoms with Gasteiger partial charge in [-0.25, -0.2) is 13.9 Å². The Morgan fingerprint density at radius 3 is 3.19 bits per heavy atom. The Hall–Kier alpha value is -2.67. The lowest BCUT2D eigenvalue weighted by Gasteiger charge is -2.27. The normalized spacial score (nSPS) is 20.0. The fourth-order valence-electron chi connectivity index (χ4n) is 3.92. The highest BCUT2D eigenvalue weighted by Gasteiger charge is 2.30. The summed E-state index contributed by atoms with van der Waals surface area (Å²) in [4.78, 5) is 7.12. The van der Waals surface area contributed by atoms with E-state index in [1.54, 1.807) is 16.6 Å². The number of benzene rings is 1. The van der Waals surface area contributed by atoms with E-state index in [-0.39, 0.29) is 11.9 Å². The molecule has 1 fully saturated rings. The number of nitrogens with zero attached hydrogens (tertiary/aromatic N) is 4. The molecule has 6 nitrogen and oxygen atoms in total. The van der Waals surface area contributed by atoms with Gasteiger partial charge in [0.2, 0.25) is 0 Å². The van der Waals surface area contributed by atoms with Crippen molar-refractivity contribution in [1.29, 1.82) is 0 Å². The third-order valence-corrected chi connectivity index (χ3v) is 5.16. The van der Waals surface area contributed by atoms with E-state index in [0.29, 0.717) is 19.7 Å². The summed E-state index contributed by atoms with van der Waals surface area (Å²) in [6.45, 7) is 2.80. The number of hydrogen-bond acceptors (Lipinski definition) is 5. The molecule has 2 aliphatic rings. The highest BCUT2D eigenvalue weighted by molar-refractivity contribution is 5.55. The largest absolute Gasteiger partial charge is 0.492 e. The van der Waals surface area contributed by atoms with Crippen LogP contribution in [-0.2, 0) is 6.54 Å². The summed E-state index contributed by atoms with van der Waals surface area (Å²) in [5.74, 6) is 1.42. The van der Waals surface area contributed by atoms with Crippen LogP contribution in [0.5, 0.6) is 5.75 Å². The molecule has 1 atom stereocenters. The average molecular weight is 353 g/mol. The van der Waals surface area contributed by atoms with Crippen molar-refractivity contribution < 1.29 is 9.13 Å². The van der Waals surface area contributed by atoms with E-state index >= 15 is 0 Å². The van der Waals surface area contributed by atoms with Crippen LogP contribution >= 0.6 is 0 Å². The fraction of sp³-hybridized carbons (Fsp3) is 0.368. The molecule has 5 rings (SSSR count). The Bertz CT molecular complexity index is 956. The molecule has 2 bridgehead atoms. The second kappa shape index (κ2) is 6.25. The van der Waals surface area contributed by atoms with Crippen molar-refractivity contribution in [3.63, 3.8) is 0 Å². The summed E-state index contributed by atoms with van der Waals surface area (Å²) in [7, 11) is 0. The molecule has 26 heavy (non-hydrogen) atoms. The van der Waals surface area contributed by atoms with Crippen LogP contribution < -0.4 is 15.0 Å². The van der Waals surface area contributed by atoms with Crippen molar-refractivity contribution in [2.75, 3.05) is 24.6 Å². The monoisotopic (exact) mass is 353 g/mol. The van der Waals surface area contributed by atoms with Crippen molar-refractivity contribution in [2.24, 2.45) is 0 Å². The van der Waals surface area contributed by atoms with Crippen molar-refractivity contribution in [3.05, 3.63) is 53.6 Å². The Balaban J connectivity index is 1.65.